The Morgan fingerprint density at radius 1 is 1.47 bits per heavy atom. The Morgan fingerprint density at radius 3 is 2.87 bits per heavy atom. The van der Waals surface area contributed by atoms with Crippen LogP contribution in [0.2, 0.25) is 0 Å². The fourth-order valence-electron chi connectivity index (χ4n) is 1.34. The fourth-order valence-corrected chi connectivity index (χ4v) is 1.34. The van der Waals surface area contributed by atoms with Crippen LogP contribution in [-0.4, -0.2) is 15.1 Å². The molecule has 1 N–H and O–H groups in total. The van der Waals surface area contributed by atoms with Gasteiger partial charge in [-0.2, -0.15) is 0 Å². The van der Waals surface area contributed by atoms with E-state index in [0.29, 0.717) is 11.5 Å². The van der Waals surface area contributed by atoms with Crippen LogP contribution in [0, 0.1) is 0 Å². The third-order valence-corrected chi connectivity index (χ3v) is 2.05. The van der Waals surface area contributed by atoms with Crippen LogP contribution in [0.3, 0.4) is 0 Å². The van der Waals surface area contributed by atoms with Gasteiger partial charge in [0.05, 0.1) is 0 Å². The summed E-state index contributed by atoms with van der Waals surface area (Å²) in [6.45, 7) is 2.11. The zero-order valence-electron chi connectivity index (χ0n) is 8.36. The molecule has 0 saturated heterocycles. The third kappa shape index (κ3) is 2.12. The maximum Gasteiger partial charge on any atom is 0.439 e. The molecule has 0 radical (unpaired) electrons. The van der Waals surface area contributed by atoms with Gasteiger partial charge in [0.15, 0.2) is 0 Å². The highest BCUT2D eigenvalue weighted by Gasteiger charge is 2.04. The lowest BCUT2D eigenvalue weighted by Crippen LogP contribution is -1.96. The molecule has 0 spiro atoms. The highest BCUT2D eigenvalue weighted by molar-refractivity contribution is 5.47. The number of aryl methyl sites for hydroxylation is 1. The number of rotatable bonds is 3. The van der Waals surface area contributed by atoms with Crippen LogP contribution in [0.5, 0.6) is 0 Å². The van der Waals surface area contributed by atoms with E-state index in [4.69, 9.17) is 0 Å². The van der Waals surface area contributed by atoms with Gasteiger partial charge in [0.25, 0.3) is 0 Å². The number of pyridine rings is 1. The van der Waals surface area contributed by atoms with E-state index in [2.05, 4.69) is 26.6 Å². The highest BCUT2D eigenvalue weighted by Crippen LogP contribution is 2.11. The van der Waals surface area contributed by atoms with Crippen LogP contribution in [0.4, 0.5) is 0 Å². The molecular formula is C10H11N3O2. The predicted molar refractivity (Wildman–Crippen MR) is 54.3 cm³/mol. The summed E-state index contributed by atoms with van der Waals surface area (Å²) in [4.78, 5) is 17.4. The quantitative estimate of drug-likeness (QED) is 0.821. The van der Waals surface area contributed by atoms with E-state index in [-0.39, 0.29) is 0 Å². The Labute approximate surface area is 86.1 Å². The van der Waals surface area contributed by atoms with Gasteiger partial charge in [0.1, 0.15) is 5.69 Å². The van der Waals surface area contributed by atoms with E-state index >= 15 is 0 Å². The third-order valence-electron chi connectivity index (χ3n) is 2.05. The molecule has 0 aromatic carbocycles. The van der Waals surface area contributed by atoms with E-state index in [1.807, 2.05) is 12.1 Å². The maximum absolute atomic E-state index is 10.7. The maximum atomic E-state index is 10.7. The Hall–Kier alpha value is -1.91. The summed E-state index contributed by atoms with van der Waals surface area (Å²) in [5.74, 6) is -0.201. The van der Waals surface area contributed by atoms with E-state index in [1.165, 1.54) is 5.56 Å². The summed E-state index contributed by atoms with van der Waals surface area (Å²) in [5.41, 5.74) is 1.78. The van der Waals surface area contributed by atoms with Crippen LogP contribution in [0.15, 0.2) is 27.6 Å². The average Bonchev–Trinajstić information content (AvgIpc) is 2.67. The first kappa shape index (κ1) is 9.64. The lowest BCUT2D eigenvalue weighted by molar-refractivity contribution is 0.387. The van der Waals surface area contributed by atoms with Gasteiger partial charge in [-0.05, 0) is 18.1 Å². The SMILES string of the molecule is CCCc1ccc(-c2noc(=O)[nH]2)nc1. The van der Waals surface area contributed by atoms with Crippen LogP contribution in [0.25, 0.3) is 11.5 Å². The molecule has 0 bridgehead atoms. The number of nitrogens with zero attached hydrogens (tertiary/aromatic N) is 2. The zero-order valence-corrected chi connectivity index (χ0v) is 8.36. The molecule has 2 heterocycles. The number of aromatic amines is 1. The van der Waals surface area contributed by atoms with Crippen molar-refractivity contribution in [3.63, 3.8) is 0 Å². The van der Waals surface area contributed by atoms with Gasteiger partial charge in [-0.25, -0.2) is 4.79 Å². The van der Waals surface area contributed by atoms with Gasteiger partial charge in [-0.3, -0.25) is 14.5 Å². The molecule has 0 amide bonds. The van der Waals surface area contributed by atoms with E-state index in [9.17, 15) is 4.79 Å². The number of hydrogen-bond donors (Lipinski definition) is 1. The molecule has 0 fully saturated rings. The summed E-state index contributed by atoms with van der Waals surface area (Å²) in [5, 5.41) is 3.56. The number of aromatic nitrogens is 3. The highest BCUT2D eigenvalue weighted by atomic mass is 16.5. The van der Waals surface area contributed by atoms with Crippen molar-refractivity contribution in [3.8, 4) is 11.5 Å². The van der Waals surface area contributed by atoms with Gasteiger partial charge in [-0.1, -0.05) is 24.6 Å². The van der Waals surface area contributed by atoms with Crippen molar-refractivity contribution in [3.05, 3.63) is 34.4 Å². The van der Waals surface area contributed by atoms with Crippen molar-refractivity contribution >= 4 is 0 Å². The van der Waals surface area contributed by atoms with Gasteiger partial charge in [0.2, 0.25) is 5.82 Å². The fraction of sp³-hybridized carbons (Fsp3) is 0.300. The first-order valence-electron chi connectivity index (χ1n) is 4.81. The minimum Gasteiger partial charge on any atom is -0.296 e. The van der Waals surface area contributed by atoms with Crippen LogP contribution in [-0.2, 0) is 6.42 Å². The molecule has 78 valence electrons. The Kier molecular flexibility index (Phi) is 2.62. The second-order valence-corrected chi connectivity index (χ2v) is 3.25. The second kappa shape index (κ2) is 4.08. The Morgan fingerprint density at radius 2 is 2.33 bits per heavy atom. The normalized spacial score (nSPS) is 10.5. The van der Waals surface area contributed by atoms with E-state index in [1.54, 1.807) is 6.20 Å². The minimum atomic E-state index is -0.565. The van der Waals surface area contributed by atoms with Crippen LogP contribution >= 0.6 is 0 Å². The lowest BCUT2D eigenvalue weighted by atomic mass is 10.1. The largest absolute Gasteiger partial charge is 0.439 e. The molecule has 5 nitrogen and oxygen atoms in total. The van der Waals surface area contributed by atoms with Crippen molar-refractivity contribution < 1.29 is 4.52 Å². The van der Waals surface area contributed by atoms with Gasteiger partial charge in [0, 0.05) is 6.20 Å². The van der Waals surface area contributed by atoms with Crippen molar-refractivity contribution in [1.29, 1.82) is 0 Å². The topological polar surface area (TPSA) is 71.8 Å². The molecule has 0 aliphatic heterocycles. The predicted octanol–water partition coefficient (Wildman–Crippen LogP) is 1.38. The smallest absolute Gasteiger partial charge is 0.296 e. The summed E-state index contributed by atoms with van der Waals surface area (Å²) >= 11 is 0. The Balaban J connectivity index is 2.27. The summed E-state index contributed by atoms with van der Waals surface area (Å²) < 4.78 is 4.40. The second-order valence-electron chi connectivity index (χ2n) is 3.25. The zero-order chi connectivity index (χ0) is 10.7. The van der Waals surface area contributed by atoms with E-state index < -0.39 is 5.76 Å². The Bertz CT molecular complexity index is 484. The molecule has 2 rings (SSSR count). The van der Waals surface area contributed by atoms with Crippen LogP contribution in [0.1, 0.15) is 18.9 Å². The molecule has 15 heavy (non-hydrogen) atoms. The molecular weight excluding hydrogens is 194 g/mol. The first-order valence-corrected chi connectivity index (χ1v) is 4.81. The molecule has 2 aromatic heterocycles. The van der Waals surface area contributed by atoms with Crippen LogP contribution < -0.4 is 5.76 Å². The summed E-state index contributed by atoms with van der Waals surface area (Å²) in [7, 11) is 0. The first-order chi connectivity index (χ1) is 7.29. The minimum absolute atomic E-state index is 0.364. The lowest BCUT2D eigenvalue weighted by Gasteiger charge is -1.98. The summed E-state index contributed by atoms with van der Waals surface area (Å²) in [6.07, 6.45) is 3.87. The van der Waals surface area contributed by atoms with Crippen molar-refractivity contribution in [2.75, 3.05) is 0 Å². The standard InChI is InChI=1S/C10H11N3O2/c1-2-3-7-4-5-8(11-6-7)9-12-10(14)15-13-9/h4-6H,2-3H2,1H3,(H,12,13,14). The van der Waals surface area contributed by atoms with Gasteiger partial charge < -0.3 is 0 Å². The van der Waals surface area contributed by atoms with Crippen molar-refractivity contribution in [2.45, 2.75) is 19.8 Å². The number of hydrogen-bond acceptors (Lipinski definition) is 4. The molecule has 5 heteroatoms. The number of H-pyrrole nitrogens is 1. The molecule has 0 unspecified atom stereocenters. The van der Waals surface area contributed by atoms with Crippen molar-refractivity contribution in [2.24, 2.45) is 0 Å². The monoisotopic (exact) mass is 205 g/mol. The molecule has 0 aliphatic carbocycles. The molecule has 0 atom stereocenters. The number of nitrogens with one attached hydrogen (secondary N) is 1. The van der Waals surface area contributed by atoms with E-state index in [0.717, 1.165) is 12.8 Å². The molecule has 0 saturated carbocycles. The molecule has 0 aliphatic rings. The molecule has 2 aromatic rings. The van der Waals surface area contributed by atoms with Gasteiger partial charge >= 0.3 is 5.76 Å². The van der Waals surface area contributed by atoms with Gasteiger partial charge in [-0.15, -0.1) is 0 Å². The summed E-state index contributed by atoms with van der Waals surface area (Å²) in [6, 6.07) is 3.79. The van der Waals surface area contributed by atoms with Crippen molar-refractivity contribution in [1.82, 2.24) is 15.1 Å². The average molecular weight is 205 g/mol.